The maximum absolute atomic E-state index is 13.2. The van der Waals surface area contributed by atoms with E-state index in [-0.39, 0.29) is 23.5 Å². The first kappa shape index (κ1) is 21.3. The summed E-state index contributed by atoms with van der Waals surface area (Å²) < 4.78 is 0. The van der Waals surface area contributed by atoms with Gasteiger partial charge in [-0.1, -0.05) is 70.2 Å². The minimum Gasteiger partial charge on any atom is -0.507 e. The number of hydrogen-bond acceptors (Lipinski definition) is 3. The molecule has 0 bridgehead atoms. The van der Waals surface area contributed by atoms with Crippen molar-refractivity contribution in [2.45, 2.75) is 39.5 Å². The van der Waals surface area contributed by atoms with Gasteiger partial charge in [0.25, 0.3) is 5.91 Å². The van der Waals surface area contributed by atoms with Crippen molar-refractivity contribution in [3.63, 3.8) is 0 Å². The van der Waals surface area contributed by atoms with Crippen LogP contribution >= 0.6 is 0 Å². The van der Waals surface area contributed by atoms with Crippen LogP contribution in [-0.2, 0) is 0 Å². The number of nitrogens with zero attached hydrogens (tertiary/aromatic N) is 1. The highest BCUT2D eigenvalue weighted by molar-refractivity contribution is 6.08. The Labute approximate surface area is 178 Å². The van der Waals surface area contributed by atoms with Crippen LogP contribution in [0.4, 0.5) is 11.4 Å². The average molecular weight is 401 g/mol. The Bertz CT molecular complexity index is 1040. The third kappa shape index (κ3) is 4.77. The van der Waals surface area contributed by atoms with E-state index >= 15 is 0 Å². The van der Waals surface area contributed by atoms with Gasteiger partial charge in [0.2, 0.25) is 0 Å². The molecule has 154 valence electrons. The Hall–Kier alpha value is -3.40. The predicted molar refractivity (Wildman–Crippen MR) is 124 cm³/mol. The van der Waals surface area contributed by atoms with Crippen molar-refractivity contribution in [2.75, 3.05) is 5.32 Å². The zero-order chi connectivity index (χ0) is 21.7. The number of benzene rings is 3. The minimum absolute atomic E-state index is 0.149. The highest BCUT2D eigenvalue weighted by atomic mass is 16.3. The molecular formula is C26H28N2O2. The molecule has 0 aliphatic heterocycles. The highest BCUT2D eigenvalue weighted by Gasteiger charge is 2.18. The summed E-state index contributed by atoms with van der Waals surface area (Å²) in [5, 5.41) is 13.1. The van der Waals surface area contributed by atoms with Gasteiger partial charge in [0, 0.05) is 17.5 Å². The van der Waals surface area contributed by atoms with Gasteiger partial charge in [-0.2, -0.15) is 0 Å². The zero-order valence-corrected chi connectivity index (χ0v) is 17.9. The van der Waals surface area contributed by atoms with Crippen molar-refractivity contribution in [1.82, 2.24) is 0 Å². The van der Waals surface area contributed by atoms with Crippen LogP contribution in [0.3, 0.4) is 0 Å². The SMILES string of the molecule is CC(C)c1cccc(C(C)C)c1NC(=O)c1ccccc1N=Cc1ccccc1O. The fourth-order valence-electron chi connectivity index (χ4n) is 3.39. The number of nitrogens with one attached hydrogen (secondary N) is 1. The Morgan fingerprint density at radius 2 is 1.47 bits per heavy atom. The molecular weight excluding hydrogens is 372 g/mol. The van der Waals surface area contributed by atoms with E-state index in [4.69, 9.17) is 0 Å². The molecule has 0 unspecified atom stereocenters. The molecule has 0 saturated carbocycles. The lowest BCUT2D eigenvalue weighted by Crippen LogP contribution is -2.16. The number of carbonyl (C=O) groups excluding carboxylic acids is 1. The first-order chi connectivity index (χ1) is 14.4. The molecule has 1 amide bonds. The number of aromatic hydroxyl groups is 1. The Kier molecular flexibility index (Phi) is 6.68. The average Bonchev–Trinajstić information content (AvgIpc) is 2.73. The van der Waals surface area contributed by atoms with Crippen molar-refractivity contribution in [2.24, 2.45) is 4.99 Å². The fraction of sp³-hybridized carbons (Fsp3) is 0.231. The van der Waals surface area contributed by atoms with Gasteiger partial charge in [-0.25, -0.2) is 0 Å². The number of phenols is 1. The summed E-state index contributed by atoms with van der Waals surface area (Å²) in [6.07, 6.45) is 1.57. The second-order valence-electron chi connectivity index (χ2n) is 7.91. The number of phenolic OH excluding ortho intramolecular Hbond substituents is 1. The van der Waals surface area contributed by atoms with Gasteiger partial charge >= 0.3 is 0 Å². The third-order valence-corrected chi connectivity index (χ3v) is 5.04. The molecule has 2 N–H and O–H groups in total. The quantitative estimate of drug-likeness (QED) is 0.456. The molecule has 3 rings (SSSR count). The van der Waals surface area contributed by atoms with Gasteiger partial charge in [-0.15, -0.1) is 0 Å². The number of carbonyl (C=O) groups is 1. The van der Waals surface area contributed by atoms with Crippen LogP contribution in [0.5, 0.6) is 5.75 Å². The number of rotatable bonds is 6. The molecule has 0 radical (unpaired) electrons. The molecule has 3 aromatic carbocycles. The van der Waals surface area contributed by atoms with E-state index in [1.54, 1.807) is 36.5 Å². The van der Waals surface area contributed by atoms with Gasteiger partial charge in [-0.3, -0.25) is 9.79 Å². The second-order valence-corrected chi connectivity index (χ2v) is 7.91. The number of hydrogen-bond donors (Lipinski definition) is 2. The van der Waals surface area contributed by atoms with E-state index in [9.17, 15) is 9.90 Å². The van der Waals surface area contributed by atoms with Crippen LogP contribution in [0, 0.1) is 0 Å². The summed E-state index contributed by atoms with van der Waals surface area (Å²) in [7, 11) is 0. The molecule has 0 aliphatic rings. The smallest absolute Gasteiger partial charge is 0.257 e. The normalized spacial score (nSPS) is 11.4. The van der Waals surface area contributed by atoms with E-state index in [0.717, 1.165) is 16.8 Å². The monoisotopic (exact) mass is 400 g/mol. The molecule has 0 aliphatic carbocycles. The van der Waals surface area contributed by atoms with E-state index in [1.807, 2.05) is 24.3 Å². The summed E-state index contributed by atoms with van der Waals surface area (Å²) in [4.78, 5) is 17.7. The summed E-state index contributed by atoms with van der Waals surface area (Å²) in [6.45, 7) is 8.50. The lowest BCUT2D eigenvalue weighted by Gasteiger charge is -2.20. The van der Waals surface area contributed by atoms with Crippen molar-refractivity contribution >= 4 is 23.5 Å². The van der Waals surface area contributed by atoms with E-state index in [2.05, 4.69) is 50.1 Å². The number of anilines is 1. The summed E-state index contributed by atoms with van der Waals surface area (Å²) in [5.74, 6) is 0.521. The van der Waals surface area contributed by atoms with E-state index in [1.165, 1.54) is 0 Å². The third-order valence-electron chi connectivity index (χ3n) is 5.04. The molecule has 0 heterocycles. The number of para-hydroxylation sites is 3. The lowest BCUT2D eigenvalue weighted by molar-refractivity contribution is 0.102. The van der Waals surface area contributed by atoms with Crippen molar-refractivity contribution in [1.29, 1.82) is 0 Å². The second kappa shape index (κ2) is 9.40. The zero-order valence-electron chi connectivity index (χ0n) is 17.9. The van der Waals surface area contributed by atoms with Crippen LogP contribution in [0.1, 0.15) is 66.6 Å². The van der Waals surface area contributed by atoms with Crippen molar-refractivity contribution in [3.8, 4) is 5.75 Å². The Morgan fingerprint density at radius 1 is 0.867 bits per heavy atom. The molecule has 4 heteroatoms. The number of amides is 1. The predicted octanol–water partition coefficient (Wildman–Crippen LogP) is 6.64. The molecule has 0 aromatic heterocycles. The first-order valence-electron chi connectivity index (χ1n) is 10.2. The molecule has 0 fully saturated rings. The summed E-state index contributed by atoms with van der Waals surface area (Å²) in [5.41, 5.74) is 4.74. The van der Waals surface area contributed by atoms with E-state index in [0.29, 0.717) is 16.8 Å². The Morgan fingerprint density at radius 3 is 2.10 bits per heavy atom. The lowest BCUT2D eigenvalue weighted by atomic mass is 9.92. The summed E-state index contributed by atoms with van der Waals surface area (Å²) in [6, 6.07) is 20.4. The van der Waals surface area contributed by atoms with Gasteiger partial charge in [0.05, 0.1) is 11.3 Å². The molecule has 3 aromatic rings. The van der Waals surface area contributed by atoms with Gasteiger partial charge in [0.15, 0.2) is 0 Å². The van der Waals surface area contributed by atoms with Crippen LogP contribution < -0.4 is 5.32 Å². The van der Waals surface area contributed by atoms with Crippen LogP contribution in [0.2, 0.25) is 0 Å². The van der Waals surface area contributed by atoms with Crippen molar-refractivity contribution < 1.29 is 9.90 Å². The summed E-state index contributed by atoms with van der Waals surface area (Å²) >= 11 is 0. The standard InChI is InChI=1S/C26H28N2O2/c1-17(2)20-12-9-13-21(18(3)4)25(20)28-26(30)22-11-6-7-14-23(22)27-16-19-10-5-8-15-24(19)29/h5-18,29H,1-4H3,(H,28,30). The maximum atomic E-state index is 13.2. The molecule has 30 heavy (non-hydrogen) atoms. The minimum atomic E-state index is -0.199. The largest absolute Gasteiger partial charge is 0.507 e. The highest BCUT2D eigenvalue weighted by Crippen LogP contribution is 2.33. The first-order valence-corrected chi connectivity index (χ1v) is 10.2. The van der Waals surface area contributed by atoms with Crippen LogP contribution in [-0.4, -0.2) is 17.2 Å². The van der Waals surface area contributed by atoms with Gasteiger partial charge in [-0.05, 0) is 47.2 Å². The molecule has 0 atom stereocenters. The molecule has 4 nitrogen and oxygen atoms in total. The Balaban J connectivity index is 1.96. The van der Waals surface area contributed by atoms with Crippen LogP contribution in [0.15, 0.2) is 71.7 Å². The van der Waals surface area contributed by atoms with Crippen molar-refractivity contribution in [3.05, 3.63) is 89.0 Å². The molecule has 0 saturated heterocycles. The van der Waals surface area contributed by atoms with Gasteiger partial charge < -0.3 is 10.4 Å². The number of aliphatic imine (C=N–C) groups is 1. The van der Waals surface area contributed by atoms with Gasteiger partial charge in [0.1, 0.15) is 5.75 Å². The molecule has 0 spiro atoms. The topological polar surface area (TPSA) is 61.7 Å². The maximum Gasteiger partial charge on any atom is 0.257 e. The van der Waals surface area contributed by atoms with E-state index < -0.39 is 0 Å². The fourth-order valence-corrected chi connectivity index (χ4v) is 3.39. The van der Waals surface area contributed by atoms with Crippen LogP contribution in [0.25, 0.3) is 0 Å².